The number of amides is 2. The number of aromatic nitrogens is 4. The van der Waals surface area contributed by atoms with Gasteiger partial charge in [0.1, 0.15) is 0 Å². The fourth-order valence-corrected chi connectivity index (χ4v) is 8.59. The molecule has 0 spiro atoms. The Kier molecular flexibility index (Phi) is 11.3. The van der Waals surface area contributed by atoms with Crippen LogP contribution in [0.2, 0.25) is 0 Å². The zero-order valence-electron chi connectivity index (χ0n) is 27.9. The third kappa shape index (κ3) is 8.61. The number of ether oxygens (including phenoxy) is 1. The van der Waals surface area contributed by atoms with Crippen LogP contribution in [0.15, 0.2) is 103 Å². The fourth-order valence-electron chi connectivity index (χ4n) is 6.04. The first-order chi connectivity index (χ1) is 25.0. The second-order valence-electron chi connectivity index (χ2n) is 12.0. The van der Waals surface area contributed by atoms with E-state index >= 15 is 0 Å². The van der Waals surface area contributed by atoms with E-state index in [1.807, 2.05) is 106 Å². The predicted molar refractivity (Wildman–Crippen MR) is 200 cm³/mol. The molecule has 1 aliphatic heterocycles. The summed E-state index contributed by atoms with van der Waals surface area (Å²) in [5, 5.41) is 13.9. The van der Waals surface area contributed by atoms with Gasteiger partial charge in [0.15, 0.2) is 0 Å². The molecule has 0 saturated carbocycles. The molecule has 1 saturated heterocycles. The molecular weight excluding hydrogens is 725 g/mol. The van der Waals surface area contributed by atoms with Crippen molar-refractivity contribution in [3.05, 3.63) is 114 Å². The Labute approximate surface area is 306 Å². The molecule has 13 heteroatoms. The zero-order chi connectivity index (χ0) is 35.0. The summed E-state index contributed by atoms with van der Waals surface area (Å²) in [5.74, 6) is -0.0514. The number of thiazole rings is 1. The Balaban J connectivity index is 1.06. The second kappa shape index (κ2) is 16.5. The van der Waals surface area contributed by atoms with Crippen LogP contribution in [0.5, 0.6) is 0 Å². The Morgan fingerprint density at radius 1 is 0.922 bits per heavy atom. The van der Waals surface area contributed by atoms with Gasteiger partial charge in [-0.2, -0.15) is 0 Å². The zero-order valence-corrected chi connectivity index (χ0v) is 30.6. The van der Waals surface area contributed by atoms with Gasteiger partial charge >= 0.3 is 266 Å². The third-order valence-corrected chi connectivity index (χ3v) is 11.3. The maximum atomic E-state index is 13.5. The third-order valence-electron chi connectivity index (χ3n) is 8.54. The van der Waals surface area contributed by atoms with Gasteiger partial charge in [0.25, 0.3) is 0 Å². The molecule has 1 fully saturated rings. The molecule has 2 N–H and O–H groups in total. The van der Waals surface area contributed by atoms with E-state index in [4.69, 9.17) is 19.8 Å². The van der Waals surface area contributed by atoms with Gasteiger partial charge in [-0.05, 0) is 0 Å². The molecule has 0 unspecified atom stereocenters. The van der Waals surface area contributed by atoms with E-state index in [1.54, 1.807) is 17.5 Å². The van der Waals surface area contributed by atoms with E-state index < -0.39 is 15.8 Å². The normalized spacial score (nSPS) is 13.7. The number of nitrogens with one attached hydrogen (secondary N) is 1. The summed E-state index contributed by atoms with van der Waals surface area (Å²) < 4.78 is 9.21. The first-order valence-electron chi connectivity index (χ1n) is 16.8. The fraction of sp³-hybridized carbons (Fsp3) is 0.237. The number of fused-ring (bicyclic) bond motifs is 1. The van der Waals surface area contributed by atoms with Crippen LogP contribution < -0.4 is 14.3 Å². The summed E-state index contributed by atoms with van der Waals surface area (Å²) >= 11 is 0.945. The number of imidazole rings is 1. The minimum absolute atomic E-state index is 0.0272. The number of benzene rings is 3. The molecule has 3 aromatic carbocycles. The van der Waals surface area contributed by atoms with Crippen molar-refractivity contribution in [3.63, 3.8) is 0 Å². The molecule has 7 rings (SSSR count). The number of carbonyl (C=O) groups excluding carboxylic acids is 2. The summed E-state index contributed by atoms with van der Waals surface area (Å²) in [5.41, 5.74) is 5.57. The van der Waals surface area contributed by atoms with Crippen LogP contribution >= 0.6 is 11.3 Å². The van der Waals surface area contributed by atoms with Gasteiger partial charge in [-0.3, -0.25) is 0 Å². The number of nitrogens with zero attached hydrogens (tertiary/aromatic N) is 6. The van der Waals surface area contributed by atoms with E-state index in [0.29, 0.717) is 44.0 Å². The molecule has 11 nitrogen and oxygen atoms in total. The number of aliphatic hydroxyl groups excluding tert-OH is 1. The SMILES string of the molecule is O=C(Cc1ccccc1)Nc1cccc(-c2nc3sccn3c2-c2ccnc([As]c3cccc(C(=O)N4CCN(CCOCCO)CC4)c3)n2)c1. The molecule has 6 aromatic rings. The Bertz CT molecular complexity index is 2110. The van der Waals surface area contributed by atoms with E-state index in [9.17, 15) is 9.59 Å². The van der Waals surface area contributed by atoms with Crippen molar-refractivity contribution in [1.29, 1.82) is 0 Å². The van der Waals surface area contributed by atoms with Gasteiger partial charge in [-0.25, -0.2) is 0 Å². The summed E-state index contributed by atoms with van der Waals surface area (Å²) in [6, 6.07) is 27.2. The van der Waals surface area contributed by atoms with Crippen LogP contribution in [-0.2, 0) is 16.0 Å². The minimum atomic E-state index is -0.603. The van der Waals surface area contributed by atoms with Gasteiger partial charge < -0.3 is 5.11 Å². The summed E-state index contributed by atoms with van der Waals surface area (Å²) in [4.78, 5) is 46.0. The number of piperazine rings is 1. The number of hydrogen-bond donors (Lipinski definition) is 2. The number of carbonyl (C=O) groups is 2. The Hall–Kier alpha value is -4.71. The molecule has 1 radical (unpaired) electrons. The number of aliphatic hydroxyl groups is 1. The first kappa shape index (κ1) is 34.7. The standard InChI is InChI=1S/C38H37AsN7O4S/c47-20-22-50-21-18-44-14-16-45(17-15-44)36(49)29-9-4-10-30(25-29)39-37-40-13-12-32(42-37)35-34(43-38-46(35)19-23-51-38)28-8-5-11-31(26-28)41-33(48)24-27-6-2-1-3-7-27/h1-13,19,23,25-26,47H,14-18,20-22,24H2,(H,41,48). The molecule has 0 bridgehead atoms. The van der Waals surface area contributed by atoms with Crippen molar-refractivity contribution < 1.29 is 19.4 Å². The number of anilines is 1. The average Bonchev–Trinajstić information content (AvgIpc) is 3.76. The van der Waals surface area contributed by atoms with Gasteiger partial charge in [0.05, 0.1) is 6.61 Å². The molecule has 4 heterocycles. The van der Waals surface area contributed by atoms with Crippen molar-refractivity contribution in [2.75, 3.05) is 57.9 Å². The monoisotopic (exact) mass is 762 g/mol. The van der Waals surface area contributed by atoms with Crippen LogP contribution in [0.4, 0.5) is 5.69 Å². The topological polar surface area (TPSA) is 125 Å². The van der Waals surface area contributed by atoms with Crippen LogP contribution in [0, 0.1) is 0 Å². The average molecular weight is 763 g/mol. The van der Waals surface area contributed by atoms with E-state index in [-0.39, 0.29) is 18.4 Å². The van der Waals surface area contributed by atoms with Crippen LogP contribution in [-0.4, -0.2) is 114 Å². The van der Waals surface area contributed by atoms with Gasteiger partial charge in [-0.1, -0.05) is 30.3 Å². The summed E-state index contributed by atoms with van der Waals surface area (Å²) in [7, 11) is 0. The number of rotatable bonds is 13. The van der Waals surface area contributed by atoms with Crippen molar-refractivity contribution >= 4 is 58.5 Å². The van der Waals surface area contributed by atoms with Crippen molar-refractivity contribution in [2.24, 2.45) is 0 Å². The molecule has 1 aliphatic rings. The molecule has 259 valence electrons. The van der Waals surface area contributed by atoms with Crippen molar-refractivity contribution in [1.82, 2.24) is 29.2 Å². The van der Waals surface area contributed by atoms with Gasteiger partial charge in [0.2, 0.25) is 0 Å². The predicted octanol–water partition coefficient (Wildman–Crippen LogP) is 3.12. The second-order valence-corrected chi connectivity index (χ2v) is 15.3. The van der Waals surface area contributed by atoms with Crippen molar-refractivity contribution in [3.8, 4) is 22.6 Å². The molecule has 2 amide bonds. The molecule has 0 atom stereocenters. The molecule has 51 heavy (non-hydrogen) atoms. The van der Waals surface area contributed by atoms with Crippen molar-refractivity contribution in [2.45, 2.75) is 6.42 Å². The van der Waals surface area contributed by atoms with Crippen LogP contribution in [0.1, 0.15) is 15.9 Å². The maximum absolute atomic E-state index is 13.5. The van der Waals surface area contributed by atoms with Crippen LogP contribution in [0.25, 0.3) is 27.6 Å². The van der Waals surface area contributed by atoms with E-state index in [2.05, 4.69) is 15.2 Å². The quantitative estimate of drug-likeness (QED) is 0.136. The van der Waals surface area contributed by atoms with Gasteiger partial charge in [-0.15, -0.1) is 0 Å². The molecule has 3 aromatic heterocycles. The molecular formula is C38H37AsN7O4S. The summed E-state index contributed by atoms with van der Waals surface area (Å²) in [6.45, 7) is 4.65. The van der Waals surface area contributed by atoms with E-state index in [0.717, 1.165) is 61.8 Å². The van der Waals surface area contributed by atoms with Crippen LogP contribution in [0.3, 0.4) is 0 Å². The Morgan fingerprint density at radius 3 is 2.61 bits per heavy atom. The first-order valence-corrected chi connectivity index (χ1v) is 19.5. The Morgan fingerprint density at radius 2 is 1.76 bits per heavy atom. The summed E-state index contributed by atoms with van der Waals surface area (Å²) in [6.07, 6.45) is 4.07. The number of hydrogen-bond acceptors (Lipinski definition) is 9. The van der Waals surface area contributed by atoms with Gasteiger partial charge in [0, 0.05) is 0 Å². The molecule has 0 aliphatic carbocycles. The van der Waals surface area contributed by atoms with E-state index in [1.165, 1.54) is 0 Å².